The molecule has 2 heteroatoms. The summed E-state index contributed by atoms with van der Waals surface area (Å²) in [6.07, 6.45) is 5.37. The van der Waals surface area contributed by atoms with Gasteiger partial charge in [0.15, 0.2) is 0 Å². The first kappa shape index (κ1) is 6.33. The Labute approximate surface area is 54.5 Å². The molecule has 1 heterocycles. The standard InChI is InChI=1S/C7H10O2/c1-6-7(5-8)3-2-4-9-6/h2,4-7H,3H2,1H3. The van der Waals surface area contributed by atoms with Crippen LogP contribution in [0.1, 0.15) is 13.3 Å². The van der Waals surface area contributed by atoms with Gasteiger partial charge >= 0.3 is 0 Å². The second-order valence-corrected chi connectivity index (χ2v) is 2.25. The van der Waals surface area contributed by atoms with E-state index in [0.717, 1.165) is 12.7 Å². The summed E-state index contributed by atoms with van der Waals surface area (Å²) in [5, 5.41) is 0. The van der Waals surface area contributed by atoms with Crippen LogP contribution in [0, 0.1) is 5.92 Å². The number of allylic oxidation sites excluding steroid dienone is 1. The summed E-state index contributed by atoms with van der Waals surface area (Å²) >= 11 is 0. The Morgan fingerprint density at radius 2 is 2.56 bits per heavy atom. The van der Waals surface area contributed by atoms with Crippen molar-refractivity contribution in [2.75, 3.05) is 0 Å². The maximum atomic E-state index is 10.3. The fourth-order valence-electron chi connectivity index (χ4n) is 0.851. The first-order valence-electron chi connectivity index (χ1n) is 3.10. The van der Waals surface area contributed by atoms with E-state index in [0.29, 0.717) is 0 Å². The molecule has 0 radical (unpaired) electrons. The van der Waals surface area contributed by atoms with E-state index in [-0.39, 0.29) is 12.0 Å². The van der Waals surface area contributed by atoms with Gasteiger partial charge in [0.25, 0.3) is 0 Å². The van der Waals surface area contributed by atoms with Crippen LogP contribution in [0.15, 0.2) is 12.3 Å². The van der Waals surface area contributed by atoms with Crippen molar-refractivity contribution in [2.45, 2.75) is 19.4 Å². The Balaban J connectivity index is 2.52. The van der Waals surface area contributed by atoms with Gasteiger partial charge in [0.05, 0.1) is 12.2 Å². The second-order valence-electron chi connectivity index (χ2n) is 2.25. The predicted octanol–water partition coefficient (Wildman–Crippen LogP) is 1.12. The van der Waals surface area contributed by atoms with Gasteiger partial charge in [0, 0.05) is 0 Å². The van der Waals surface area contributed by atoms with Gasteiger partial charge in [-0.1, -0.05) is 0 Å². The maximum Gasteiger partial charge on any atom is 0.127 e. The minimum Gasteiger partial charge on any atom is -0.498 e. The molecule has 0 fully saturated rings. The summed E-state index contributed by atoms with van der Waals surface area (Å²) in [6, 6.07) is 0. The number of aldehydes is 1. The van der Waals surface area contributed by atoms with Crippen LogP contribution in [-0.4, -0.2) is 12.4 Å². The third kappa shape index (κ3) is 1.31. The van der Waals surface area contributed by atoms with Crippen molar-refractivity contribution in [2.24, 2.45) is 5.92 Å². The summed E-state index contributed by atoms with van der Waals surface area (Å²) in [6.45, 7) is 1.91. The SMILES string of the molecule is CC1OC=CCC1C=O. The van der Waals surface area contributed by atoms with Crippen LogP contribution in [0.25, 0.3) is 0 Å². The summed E-state index contributed by atoms with van der Waals surface area (Å²) in [5.41, 5.74) is 0. The highest BCUT2D eigenvalue weighted by Crippen LogP contribution is 2.15. The molecule has 2 atom stereocenters. The first-order valence-corrected chi connectivity index (χ1v) is 3.10. The highest BCUT2D eigenvalue weighted by atomic mass is 16.5. The smallest absolute Gasteiger partial charge is 0.127 e. The van der Waals surface area contributed by atoms with E-state index in [2.05, 4.69) is 0 Å². The van der Waals surface area contributed by atoms with Crippen LogP contribution in [0.3, 0.4) is 0 Å². The van der Waals surface area contributed by atoms with Gasteiger partial charge in [0.2, 0.25) is 0 Å². The molecular formula is C7H10O2. The number of hydrogen-bond donors (Lipinski definition) is 0. The monoisotopic (exact) mass is 126 g/mol. The van der Waals surface area contributed by atoms with Gasteiger partial charge in [-0.2, -0.15) is 0 Å². The zero-order valence-corrected chi connectivity index (χ0v) is 5.41. The molecule has 1 rings (SSSR count). The minimum atomic E-state index is 0.0625. The lowest BCUT2D eigenvalue weighted by Gasteiger charge is -2.20. The molecule has 0 saturated heterocycles. The zero-order valence-electron chi connectivity index (χ0n) is 5.41. The summed E-state index contributed by atoms with van der Waals surface area (Å²) in [4.78, 5) is 10.3. The van der Waals surface area contributed by atoms with Gasteiger partial charge in [-0.25, -0.2) is 0 Å². The van der Waals surface area contributed by atoms with Crippen molar-refractivity contribution < 1.29 is 9.53 Å². The van der Waals surface area contributed by atoms with Crippen molar-refractivity contribution >= 4 is 6.29 Å². The fraction of sp³-hybridized carbons (Fsp3) is 0.571. The molecule has 1 aliphatic heterocycles. The van der Waals surface area contributed by atoms with Crippen LogP contribution < -0.4 is 0 Å². The van der Waals surface area contributed by atoms with Gasteiger partial charge in [0.1, 0.15) is 12.4 Å². The topological polar surface area (TPSA) is 26.3 Å². The number of rotatable bonds is 1. The Morgan fingerprint density at radius 3 is 3.00 bits per heavy atom. The molecule has 0 aromatic carbocycles. The van der Waals surface area contributed by atoms with Crippen molar-refractivity contribution in [3.63, 3.8) is 0 Å². The molecule has 0 aliphatic carbocycles. The average Bonchev–Trinajstić information content (AvgIpc) is 1.89. The van der Waals surface area contributed by atoms with Gasteiger partial charge < -0.3 is 9.53 Å². The third-order valence-corrected chi connectivity index (χ3v) is 1.58. The Hall–Kier alpha value is -0.790. The van der Waals surface area contributed by atoms with E-state index >= 15 is 0 Å². The van der Waals surface area contributed by atoms with E-state index in [4.69, 9.17) is 4.74 Å². The normalized spacial score (nSPS) is 33.4. The first-order chi connectivity index (χ1) is 4.34. The molecule has 0 aromatic rings. The third-order valence-electron chi connectivity index (χ3n) is 1.58. The van der Waals surface area contributed by atoms with Gasteiger partial charge in [-0.3, -0.25) is 0 Å². The average molecular weight is 126 g/mol. The van der Waals surface area contributed by atoms with E-state index in [1.165, 1.54) is 0 Å². The number of carbonyl (C=O) groups excluding carboxylic acids is 1. The lowest BCUT2D eigenvalue weighted by atomic mass is 10.0. The lowest BCUT2D eigenvalue weighted by Crippen LogP contribution is -2.22. The van der Waals surface area contributed by atoms with Crippen molar-refractivity contribution in [1.29, 1.82) is 0 Å². The molecule has 2 unspecified atom stereocenters. The van der Waals surface area contributed by atoms with E-state index < -0.39 is 0 Å². The highest BCUT2D eigenvalue weighted by molar-refractivity contribution is 5.55. The van der Waals surface area contributed by atoms with Crippen LogP contribution in [-0.2, 0) is 9.53 Å². The molecule has 2 nitrogen and oxygen atoms in total. The molecule has 0 saturated carbocycles. The summed E-state index contributed by atoms with van der Waals surface area (Å²) in [5.74, 6) is 0.0648. The molecule has 0 bridgehead atoms. The summed E-state index contributed by atoms with van der Waals surface area (Å²) in [7, 11) is 0. The molecule has 50 valence electrons. The Kier molecular flexibility index (Phi) is 1.88. The van der Waals surface area contributed by atoms with Crippen LogP contribution in [0.5, 0.6) is 0 Å². The number of hydrogen-bond acceptors (Lipinski definition) is 2. The van der Waals surface area contributed by atoms with Crippen LogP contribution >= 0.6 is 0 Å². The van der Waals surface area contributed by atoms with Crippen LogP contribution in [0.2, 0.25) is 0 Å². The maximum absolute atomic E-state index is 10.3. The van der Waals surface area contributed by atoms with E-state index in [9.17, 15) is 4.79 Å². The molecule has 0 N–H and O–H groups in total. The summed E-state index contributed by atoms with van der Waals surface area (Å²) < 4.78 is 5.07. The molecule has 0 spiro atoms. The Bertz CT molecular complexity index is 129. The van der Waals surface area contributed by atoms with Crippen molar-refractivity contribution in [3.05, 3.63) is 12.3 Å². The minimum absolute atomic E-state index is 0.0625. The van der Waals surface area contributed by atoms with E-state index in [1.54, 1.807) is 6.26 Å². The van der Waals surface area contributed by atoms with Crippen molar-refractivity contribution in [3.8, 4) is 0 Å². The van der Waals surface area contributed by atoms with Crippen LogP contribution in [0.4, 0.5) is 0 Å². The van der Waals surface area contributed by atoms with Crippen molar-refractivity contribution in [1.82, 2.24) is 0 Å². The Morgan fingerprint density at radius 1 is 1.78 bits per heavy atom. The largest absolute Gasteiger partial charge is 0.498 e. The lowest BCUT2D eigenvalue weighted by molar-refractivity contribution is -0.114. The molecule has 0 amide bonds. The molecule has 9 heavy (non-hydrogen) atoms. The zero-order chi connectivity index (χ0) is 6.69. The second kappa shape index (κ2) is 2.67. The molecular weight excluding hydrogens is 116 g/mol. The predicted molar refractivity (Wildman–Crippen MR) is 33.9 cm³/mol. The van der Waals surface area contributed by atoms with Gasteiger partial charge in [-0.15, -0.1) is 0 Å². The highest BCUT2D eigenvalue weighted by Gasteiger charge is 2.17. The number of ether oxygens (including phenoxy) is 1. The fourth-order valence-corrected chi connectivity index (χ4v) is 0.851. The molecule has 1 aliphatic rings. The number of carbonyl (C=O) groups is 1. The van der Waals surface area contributed by atoms with Gasteiger partial charge in [-0.05, 0) is 19.4 Å². The molecule has 0 aromatic heterocycles. The van der Waals surface area contributed by atoms with E-state index in [1.807, 2.05) is 13.0 Å². The quantitative estimate of drug-likeness (QED) is 0.492.